The minimum Gasteiger partial charge on any atom is -0.244 e. The molecule has 0 atom stereocenters. The highest BCUT2D eigenvalue weighted by atomic mass is 32.2. The van der Waals surface area contributed by atoms with Gasteiger partial charge < -0.3 is 0 Å². The summed E-state index contributed by atoms with van der Waals surface area (Å²) in [6.07, 6.45) is 2.57. The summed E-state index contributed by atoms with van der Waals surface area (Å²) in [5, 5.41) is -0.162. The summed E-state index contributed by atoms with van der Waals surface area (Å²) in [4.78, 5) is 3.32. The zero-order valence-electron chi connectivity index (χ0n) is 4.41. The highest BCUT2D eigenvalue weighted by Gasteiger charge is 2.18. The molecule has 0 fully saturated rings. The fourth-order valence-corrected chi connectivity index (χ4v) is 0.977. The maximum Gasteiger partial charge on any atom is 0.224 e. The molecular weight excluding hydrogens is 145 g/mol. The van der Waals surface area contributed by atoms with Crippen LogP contribution in [-0.4, -0.2) is 19.5 Å². The smallest absolute Gasteiger partial charge is 0.224 e. The largest absolute Gasteiger partial charge is 0.244 e. The number of alkyl halides is 1. The number of rotatable bonds is 1. The molecule has 0 aromatic carbocycles. The summed E-state index contributed by atoms with van der Waals surface area (Å²) < 4.78 is 32.4. The first kappa shape index (κ1) is 6.41. The molecule has 1 aliphatic rings. The summed E-state index contributed by atoms with van der Waals surface area (Å²) in [5.41, 5.74) is 0. The van der Waals surface area contributed by atoms with Crippen molar-refractivity contribution in [3.8, 4) is 0 Å². The lowest BCUT2D eigenvalue weighted by atomic mass is 10.6. The van der Waals surface area contributed by atoms with E-state index >= 15 is 0 Å². The Morgan fingerprint density at radius 3 is 2.33 bits per heavy atom. The molecule has 0 aromatic heterocycles. The SMILES string of the molecule is O=S(=O)(CF)C1=NC=C1. The van der Waals surface area contributed by atoms with Crippen LogP contribution in [0.3, 0.4) is 0 Å². The number of hydrogen-bond acceptors (Lipinski definition) is 3. The van der Waals surface area contributed by atoms with E-state index in [1.807, 2.05) is 0 Å². The molecular formula is C4H4FNO2S. The molecule has 0 saturated heterocycles. The zero-order chi connectivity index (χ0) is 6.91. The van der Waals surface area contributed by atoms with Gasteiger partial charge in [0.15, 0.2) is 11.1 Å². The van der Waals surface area contributed by atoms with Gasteiger partial charge >= 0.3 is 0 Å². The number of nitrogens with zero attached hydrogens (tertiary/aromatic N) is 1. The van der Waals surface area contributed by atoms with Crippen LogP contribution in [0.4, 0.5) is 4.39 Å². The Labute approximate surface area is 51.8 Å². The fraction of sp³-hybridized carbons (Fsp3) is 0.250. The van der Waals surface area contributed by atoms with Gasteiger partial charge in [0.25, 0.3) is 0 Å². The molecule has 0 amide bonds. The molecule has 0 aromatic rings. The molecule has 9 heavy (non-hydrogen) atoms. The van der Waals surface area contributed by atoms with E-state index in [2.05, 4.69) is 4.99 Å². The van der Waals surface area contributed by atoms with Gasteiger partial charge in [-0.15, -0.1) is 0 Å². The van der Waals surface area contributed by atoms with Gasteiger partial charge in [-0.05, 0) is 6.08 Å². The van der Waals surface area contributed by atoms with E-state index in [4.69, 9.17) is 0 Å². The standard InChI is InChI=1S/C4H4FNO2S/c5-3-9(7,8)4-1-2-6-4/h1-2H,3H2. The van der Waals surface area contributed by atoms with Crippen LogP contribution in [0.2, 0.25) is 0 Å². The van der Waals surface area contributed by atoms with Gasteiger partial charge in [0.2, 0.25) is 9.84 Å². The minimum atomic E-state index is -3.66. The molecule has 0 unspecified atom stereocenters. The highest BCUT2D eigenvalue weighted by Crippen LogP contribution is 2.05. The van der Waals surface area contributed by atoms with Gasteiger partial charge in [-0.3, -0.25) is 0 Å². The monoisotopic (exact) mass is 149 g/mol. The van der Waals surface area contributed by atoms with Gasteiger partial charge in [0.1, 0.15) is 0 Å². The van der Waals surface area contributed by atoms with Gasteiger partial charge in [-0.2, -0.15) is 0 Å². The predicted molar refractivity (Wildman–Crippen MR) is 31.5 cm³/mol. The molecule has 3 nitrogen and oxygen atoms in total. The number of halogens is 1. The van der Waals surface area contributed by atoms with E-state index in [0.29, 0.717) is 0 Å². The molecule has 5 heteroatoms. The molecule has 0 N–H and O–H groups in total. The van der Waals surface area contributed by atoms with Crippen LogP contribution in [0.1, 0.15) is 0 Å². The maximum atomic E-state index is 11.5. The topological polar surface area (TPSA) is 46.5 Å². The average molecular weight is 149 g/mol. The van der Waals surface area contributed by atoms with Crippen LogP contribution in [0.5, 0.6) is 0 Å². The van der Waals surface area contributed by atoms with Crippen molar-refractivity contribution in [2.45, 2.75) is 0 Å². The first-order chi connectivity index (χ1) is 4.17. The van der Waals surface area contributed by atoms with Crippen LogP contribution in [0, 0.1) is 0 Å². The normalized spacial score (nSPS) is 16.8. The van der Waals surface area contributed by atoms with Crippen molar-refractivity contribution in [1.29, 1.82) is 0 Å². The van der Waals surface area contributed by atoms with Crippen molar-refractivity contribution in [1.82, 2.24) is 0 Å². The molecule has 1 rings (SSSR count). The van der Waals surface area contributed by atoms with Crippen molar-refractivity contribution in [2.24, 2.45) is 4.99 Å². The first-order valence-corrected chi connectivity index (χ1v) is 3.85. The molecule has 1 heterocycles. The zero-order valence-corrected chi connectivity index (χ0v) is 5.23. The molecule has 0 radical (unpaired) electrons. The lowest BCUT2D eigenvalue weighted by Gasteiger charge is -2.01. The Balaban J connectivity index is 2.85. The molecule has 0 saturated carbocycles. The molecule has 50 valence electrons. The summed E-state index contributed by atoms with van der Waals surface area (Å²) in [6, 6.07) is -1.36. The third kappa shape index (κ3) is 0.999. The Hall–Kier alpha value is -0.710. The third-order valence-electron chi connectivity index (χ3n) is 0.881. The second-order valence-electron chi connectivity index (χ2n) is 1.51. The second kappa shape index (κ2) is 1.91. The Morgan fingerprint density at radius 2 is 2.22 bits per heavy atom. The first-order valence-electron chi connectivity index (χ1n) is 2.20. The van der Waals surface area contributed by atoms with Crippen molar-refractivity contribution in [3.05, 3.63) is 12.3 Å². The fourth-order valence-electron chi connectivity index (χ4n) is 0.375. The van der Waals surface area contributed by atoms with Crippen molar-refractivity contribution in [2.75, 3.05) is 6.01 Å². The van der Waals surface area contributed by atoms with E-state index in [1.165, 1.54) is 12.3 Å². The van der Waals surface area contributed by atoms with Crippen molar-refractivity contribution < 1.29 is 12.8 Å². The number of sulfone groups is 1. The van der Waals surface area contributed by atoms with Gasteiger partial charge in [0.05, 0.1) is 0 Å². The maximum absolute atomic E-state index is 11.5. The van der Waals surface area contributed by atoms with Crippen molar-refractivity contribution >= 4 is 14.9 Å². The Morgan fingerprint density at radius 1 is 1.67 bits per heavy atom. The van der Waals surface area contributed by atoms with E-state index in [0.717, 1.165) is 0 Å². The van der Waals surface area contributed by atoms with E-state index in [9.17, 15) is 12.8 Å². The predicted octanol–water partition coefficient (Wildman–Crippen LogP) is 0.254. The van der Waals surface area contributed by atoms with Crippen LogP contribution in [0.15, 0.2) is 17.3 Å². The Kier molecular flexibility index (Phi) is 1.36. The van der Waals surface area contributed by atoms with Crippen LogP contribution in [0.25, 0.3) is 0 Å². The van der Waals surface area contributed by atoms with Gasteiger partial charge in [-0.1, -0.05) is 0 Å². The molecule has 1 aliphatic heterocycles. The van der Waals surface area contributed by atoms with Gasteiger partial charge in [0, 0.05) is 6.20 Å². The Bertz CT molecular complexity index is 264. The quantitative estimate of drug-likeness (QED) is 0.536. The lowest BCUT2D eigenvalue weighted by molar-refractivity contribution is 0.543. The van der Waals surface area contributed by atoms with Crippen molar-refractivity contribution in [3.63, 3.8) is 0 Å². The third-order valence-corrected chi connectivity index (χ3v) is 2.05. The lowest BCUT2D eigenvalue weighted by Crippen LogP contribution is -2.16. The summed E-state index contributed by atoms with van der Waals surface area (Å²) in [6.45, 7) is 0. The molecule has 0 spiro atoms. The second-order valence-corrected chi connectivity index (χ2v) is 3.37. The van der Waals surface area contributed by atoms with Crippen LogP contribution >= 0.6 is 0 Å². The average Bonchev–Trinajstić information content (AvgIpc) is 1.60. The van der Waals surface area contributed by atoms with E-state index in [1.54, 1.807) is 0 Å². The van der Waals surface area contributed by atoms with E-state index in [-0.39, 0.29) is 5.04 Å². The number of hydrogen-bond donors (Lipinski definition) is 0. The van der Waals surface area contributed by atoms with E-state index < -0.39 is 15.8 Å². The van der Waals surface area contributed by atoms with Gasteiger partial charge in [-0.25, -0.2) is 17.8 Å². The van der Waals surface area contributed by atoms with Crippen LogP contribution < -0.4 is 0 Å². The molecule has 0 bridgehead atoms. The molecule has 0 aliphatic carbocycles. The van der Waals surface area contributed by atoms with Crippen LogP contribution in [-0.2, 0) is 9.84 Å². The number of aliphatic imine (C=N–C) groups is 1. The summed E-state index contributed by atoms with van der Waals surface area (Å²) in [5.74, 6) is 0. The highest BCUT2D eigenvalue weighted by molar-refractivity contribution is 8.06. The summed E-state index contributed by atoms with van der Waals surface area (Å²) in [7, 11) is -3.66. The minimum absolute atomic E-state index is 0.162. The summed E-state index contributed by atoms with van der Waals surface area (Å²) >= 11 is 0.